The largest absolute Gasteiger partial charge is 0.496 e. The molecule has 6 nitrogen and oxygen atoms in total. The van der Waals surface area contributed by atoms with Gasteiger partial charge < -0.3 is 15.8 Å². The van der Waals surface area contributed by atoms with Crippen molar-refractivity contribution in [2.45, 2.75) is 0 Å². The quantitative estimate of drug-likeness (QED) is 0.511. The van der Waals surface area contributed by atoms with E-state index in [4.69, 9.17) is 22.1 Å². The Morgan fingerprint density at radius 2 is 2.00 bits per heavy atom. The number of nitrogens with zero attached hydrogens (tertiary/aromatic N) is 1. The maximum absolute atomic E-state index is 11.1. The van der Waals surface area contributed by atoms with Gasteiger partial charge in [-0.25, -0.2) is 0 Å². The summed E-state index contributed by atoms with van der Waals surface area (Å²) < 4.78 is 4.97. The number of ether oxygens (including phenoxy) is 1. The van der Waals surface area contributed by atoms with Gasteiger partial charge in [0.1, 0.15) is 11.4 Å². The fraction of sp³-hybridized carbons (Fsp3) is 0.0769. The lowest BCUT2D eigenvalue weighted by Gasteiger charge is -2.10. The van der Waals surface area contributed by atoms with Crippen molar-refractivity contribution < 1.29 is 9.66 Å². The van der Waals surface area contributed by atoms with Crippen molar-refractivity contribution in [2.75, 3.05) is 18.2 Å². The molecule has 0 heterocycles. The zero-order valence-electron chi connectivity index (χ0n) is 10.6. The normalized spacial score (nSPS) is 10.1. The van der Waals surface area contributed by atoms with Crippen LogP contribution in [0.15, 0.2) is 36.4 Å². The minimum absolute atomic E-state index is 0.108. The molecule has 0 saturated carbocycles. The minimum atomic E-state index is -0.495. The molecule has 2 rings (SSSR count). The van der Waals surface area contributed by atoms with E-state index in [1.807, 2.05) is 0 Å². The topological polar surface area (TPSA) is 90.4 Å². The molecule has 0 atom stereocenters. The molecule has 0 aliphatic rings. The highest BCUT2D eigenvalue weighted by Gasteiger charge is 2.16. The van der Waals surface area contributed by atoms with E-state index in [0.717, 1.165) is 0 Å². The van der Waals surface area contributed by atoms with Crippen LogP contribution in [0.25, 0.3) is 0 Å². The molecule has 0 amide bonds. The van der Waals surface area contributed by atoms with Gasteiger partial charge in [-0.2, -0.15) is 0 Å². The van der Waals surface area contributed by atoms with Gasteiger partial charge in [-0.1, -0.05) is 11.6 Å². The van der Waals surface area contributed by atoms with Crippen LogP contribution in [0.4, 0.5) is 22.7 Å². The standard InChI is InChI=1S/C13H12ClN3O3/c1-20-9-3-5-11(13(7-9)17(18)19)16-12-6-8(15)2-4-10(12)14/h2-7,16H,15H2,1H3. The van der Waals surface area contributed by atoms with Gasteiger partial charge in [-0.3, -0.25) is 10.1 Å². The maximum Gasteiger partial charge on any atom is 0.296 e. The van der Waals surface area contributed by atoms with Crippen LogP contribution in [0.2, 0.25) is 5.02 Å². The Labute approximate surface area is 120 Å². The first-order valence-corrected chi connectivity index (χ1v) is 6.03. The van der Waals surface area contributed by atoms with Crippen molar-refractivity contribution in [3.63, 3.8) is 0 Å². The van der Waals surface area contributed by atoms with E-state index in [1.165, 1.54) is 13.2 Å². The zero-order chi connectivity index (χ0) is 14.7. The fourth-order valence-electron chi connectivity index (χ4n) is 1.68. The van der Waals surface area contributed by atoms with Crippen molar-refractivity contribution in [2.24, 2.45) is 0 Å². The van der Waals surface area contributed by atoms with Crippen molar-refractivity contribution >= 4 is 34.4 Å². The first-order valence-electron chi connectivity index (χ1n) is 5.65. The van der Waals surface area contributed by atoms with Gasteiger partial charge >= 0.3 is 0 Å². The molecule has 20 heavy (non-hydrogen) atoms. The first-order chi connectivity index (χ1) is 9.51. The van der Waals surface area contributed by atoms with Gasteiger partial charge in [0.15, 0.2) is 0 Å². The lowest BCUT2D eigenvalue weighted by Crippen LogP contribution is -1.99. The third-order valence-electron chi connectivity index (χ3n) is 2.66. The van der Waals surface area contributed by atoms with E-state index < -0.39 is 4.92 Å². The average Bonchev–Trinajstić information content (AvgIpc) is 2.43. The maximum atomic E-state index is 11.1. The summed E-state index contributed by atoms with van der Waals surface area (Å²) in [4.78, 5) is 10.6. The molecule has 104 valence electrons. The molecular formula is C13H12ClN3O3. The summed E-state index contributed by atoms with van der Waals surface area (Å²) in [7, 11) is 1.45. The predicted octanol–water partition coefficient (Wildman–Crippen LogP) is 3.58. The summed E-state index contributed by atoms with van der Waals surface area (Å²) in [6.45, 7) is 0. The van der Waals surface area contributed by atoms with E-state index >= 15 is 0 Å². The second-order valence-corrected chi connectivity index (χ2v) is 4.41. The molecule has 7 heteroatoms. The highest BCUT2D eigenvalue weighted by molar-refractivity contribution is 6.33. The van der Waals surface area contributed by atoms with Crippen LogP contribution in [0.1, 0.15) is 0 Å². The summed E-state index contributed by atoms with van der Waals surface area (Å²) in [5.41, 5.74) is 6.88. The van der Waals surface area contributed by atoms with Crippen LogP contribution in [0.5, 0.6) is 5.75 Å². The van der Waals surface area contributed by atoms with Crippen LogP contribution >= 0.6 is 11.6 Å². The number of nitrogens with one attached hydrogen (secondary N) is 1. The number of anilines is 3. The second kappa shape index (κ2) is 5.66. The Kier molecular flexibility index (Phi) is 3.95. The lowest BCUT2D eigenvalue weighted by molar-refractivity contribution is -0.384. The Morgan fingerprint density at radius 3 is 2.65 bits per heavy atom. The van der Waals surface area contributed by atoms with Crippen molar-refractivity contribution in [1.29, 1.82) is 0 Å². The molecule has 2 aromatic rings. The van der Waals surface area contributed by atoms with Crippen molar-refractivity contribution in [3.8, 4) is 5.75 Å². The molecule has 0 saturated heterocycles. The number of nitrogens with two attached hydrogens (primary N) is 1. The molecule has 0 fully saturated rings. The number of methoxy groups -OCH3 is 1. The zero-order valence-corrected chi connectivity index (χ0v) is 11.3. The predicted molar refractivity (Wildman–Crippen MR) is 78.8 cm³/mol. The van der Waals surface area contributed by atoms with E-state index in [9.17, 15) is 10.1 Å². The number of hydrogen-bond acceptors (Lipinski definition) is 5. The van der Waals surface area contributed by atoms with Crippen LogP contribution in [-0.2, 0) is 0 Å². The Balaban J connectivity index is 2.42. The Bertz CT molecular complexity index is 661. The molecule has 0 aliphatic carbocycles. The monoisotopic (exact) mass is 293 g/mol. The van der Waals surface area contributed by atoms with Crippen LogP contribution in [-0.4, -0.2) is 12.0 Å². The molecule has 0 aliphatic heterocycles. The van der Waals surface area contributed by atoms with Crippen LogP contribution in [0, 0.1) is 10.1 Å². The van der Waals surface area contributed by atoms with E-state index in [0.29, 0.717) is 27.8 Å². The molecule has 2 aromatic carbocycles. The van der Waals surface area contributed by atoms with Gasteiger partial charge in [0.25, 0.3) is 5.69 Å². The summed E-state index contributed by atoms with van der Waals surface area (Å²) in [6, 6.07) is 9.38. The fourth-order valence-corrected chi connectivity index (χ4v) is 1.84. The summed E-state index contributed by atoms with van der Waals surface area (Å²) in [6.07, 6.45) is 0. The molecule has 0 spiro atoms. The van der Waals surface area contributed by atoms with Gasteiger partial charge in [-0.15, -0.1) is 0 Å². The Morgan fingerprint density at radius 1 is 1.25 bits per heavy atom. The molecule has 0 unspecified atom stereocenters. The van der Waals surface area contributed by atoms with Crippen molar-refractivity contribution in [1.82, 2.24) is 0 Å². The third-order valence-corrected chi connectivity index (χ3v) is 2.99. The molecule has 3 N–H and O–H groups in total. The number of benzene rings is 2. The van der Waals surface area contributed by atoms with Crippen LogP contribution in [0.3, 0.4) is 0 Å². The summed E-state index contributed by atoms with van der Waals surface area (Å²) >= 11 is 6.02. The van der Waals surface area contributed by atoms with Gasteiger partial charge in [-0.05, 0) is 30.3 Å². The Hall–Kier alpha value is -2.47. The number of halogens is 1. The van der Waals surface area contributed by atoms with E-state index in [2.05, 4.69) is 5.32 Å². The average molecular weight is 294 g/mol. The number of nitro groups is 1. The van der Waals surface area contributed by atoms with Gasteiger partial charge in [0.2, 0.25) is 0 Å². The van der Waals surface area contributed by atoms with Crippen LogP contribution < -0.4 is 15.8 Å². The summed E-state index contributed by atoms with van der Waals surface area (Å²) in [5, 5.41) is 14.4. The number of hydrogen-bond donors (Lipinski definition) is 2. The number of nitro benzene ring substituents is 1. The molecule has 0 bridgehead atoms. The number of nitrogen functional groups attached to an aromatic ring is 1. The van der Waals surface area contributed by atoms with E-state index in [-0.39, 0.29) is 5.69 Å². The third kappa shape index (κ3) is 2.92. The van der Waals surface area contributed by atoms with Gasteiger partial charge in [0, 0.05) is 5.69 Å². The molecule has 0 aromatic heterocycles. The highest BCUT2D eigenvalue weighted by Crippen LogP contribution is 2.34. The SMILES string of the molecule is COc1ccc(Nc2cc(N)ccc2Cl)c([N+](=O)[O-])c1. The molecular weight excluding hydrogens is 282 g/mol. The smallest absolute Gasteiger partial charge is 0.296 e. The second-order valence-electron chi connectivity index (χ2n) is 4.00. The molecule has 0 radical (unpaired) electrons. The van der Waals surface area contributed by atoms with E-state index in [1.54, 1.807) is 30.3 Å². The minimum Gasteiger partial charge on any atom is -0.496 e. The number of rotatable bonds is 4. The van der Waals surface area contributed by atoms with Gasteiger partial charge in [0.05, 0.1) is 28.8 Å². The van der Waals surface area contributed by atoms with Crippen molar-refractivity contribution in [3.05, 3.63) is 51.5 Å². The first kappa shape index (κ1) is 14.0. The summed E-state index contributed by atoms with van der Waals surface area (Å²) in [5.74, 6) is 0.404. The highest BCUT2D eigenvalue weighted by atomic mass is 35.5. The lowest BCUT2D eigenvalue weighted by atomic mass is 10.2.